The fraction of sp³-hybridized carbons (Fsp3) is 0.727. The Labute approximate surface area is 99.2 Å². The Morgan fingerprint density at radius 2 is 2.31 bits per heavy atom. The maximum Gasteiger partial charge on any atom is 0.125 e. The summed E-state index contributed by atoms with van der Waals surface area (Å²) in [6.45, 7) is 4.16. The summed E-state index contributed by atoms with van der Waals surface area (Å²) in [5, 5.41) is 10.0. The summed E-state index contributed by atoms with van der Waals surface area (Å²) in [7, 11) is 0. The molecule has 0 unspecified atom stereocenters. The summed E-state index contributed by atoms with van der Waals surface area (Å²) in [5.74, 6) is 0. The summed E-state index contributed by atoms with van der Waals surface area (Å²) >= 11 is 1.54. The van der Waals surface area contributed by atoms with Crippen LogP contribution >= 0.6 is 11.3 Å². The molecule has 90 valence electrons. The van der Waals surface area contributed by atoms with Crippen molar-refractivity contribution < 1.29 is 14.6 Å². The smallest absolute Gasteiger partial charge is 0.125 e. The third kappa shape index (κ3) is 2.27. The van der Waals surface area contributed by atoms with E-state index in [2.05, 4.69) is 4.98 Å². The molecule has 0 saturated carbocycles. The summed E-state index contributed by atoms with van der Waals surface area (Å²) in [4.78, 5) is 5.27. The summed E-state index contributed by atoms with van der Waals surface area (Å²) in [6, 6.07) is 0. The molecule has 1 aliphatic rings. The van der Waals surface area contributed by atoms with E-state index < -0.39 is 0 Å². The Bertz CT molecular complexity index is 328. The van der Waals surface area contributed by atoms with Crippen molar-refractivity contribution >= 4 is 11.3 Å². The fourth-order valence-corrected chi connectivity index (χ4v) is 2.96. The van der Waals surface area contributed by atoms with E-state index in [1.807, 2.05) is 6.92 Å². The van der Waals surface area contributed by atoms with Crippen molar-refractivity contribution in [1.82, 2.24) is 4.98 Å². The second-order valence-corrected chi connectivity index (χ2v) is 4.94. The van der Waals surface area contributed by atoms with Gasteiger partial charge in [-0.2, -0.15) is 0 Å². The highest BCUT2D eigenvalue weighted by Gasteiger charge is 2.37. The lowest BCUT2D eigenvalue weighted by atomic mass is 9.95. The topological polar surface area (TPSA) is 51.6 Å². The van der Waals surface area contributed by atoms with Crippen LogP contribution in [0.25, 0.3) is 0 Å². The molecule has 2 rings (SSSR count). The van der Waals surface area contributed by atoms with Crippen LogP contribution in [0.4, 0.5) is 0 Å². The zero-order chi connectivity index (χ0) is 11.4. The molecule has 0 spiro atoms. The van der Waals surface area contributed by atoms with Gasteiger partial charge in [-0.05, 0) is 6.92 Å². The average molecular weight is 243 g/mol. The normalized spacial score (nSPS) is 19.9. The van der Waals surface area contributed by atoms with Crippen molar-refractivity contribution in [3.8, 4) is 0 Å². The number of thiazole rings is 1. The van der Waals surface area contributed by atoms with Gasteiger partial charge in [0, 0.05) is 38.9 Å². The van der Waals surface area contributed by atoms with Crippen LogP contribution in [-0.4, -0.2) is 29.9 Å². The van der Waals surface area contributed by atoms with Crippen LogP contribution in [0, 0.1) is 0 Å². The van der Waals surface area contributed by atoms with E-state index in [-0.39, 0.29) is 12.2 Å². The highest BCUT2D eigenvalue weighted by Crippen LogP contribution is 2.38. The van der Waals surface area contributed by atoms with Crippen LogP contribution in [0.15, 0.2) is 6.20 Å². The van der Waals surface area contributed by atoms with Crippen molar-refractivity contribution in [2.75, 3.05) is 19.8 Å². The minimum Gasteiger partial charge on any atom is -0.391 e. The molecule has 5 heteroatoms. The van der Waals surface area contributed by atoms with Gasteiger partial charge in [-0.3, -0.25) is 0 Å². The van der Waals surface area contributed by atoms with Gasteiger partial charge < -0.3 is 14.6 Å². The number of hydrogen-bond donors (Lipinski definition) is 1. The Hall–Kier alpha value is -0.490. The predicted molar refractivity (Wildman–Crippen MR) is 61.4 cm³/mol. The molecule has 4 nitrogen and oxygen atoms in total. The first-order valence-corrected chi connectivity index (χ1v) is 6.40. The minimum atomic E-state index is -0.287. The van der Waals surface area contributed by atoms with Gasteiger partial charge in [-0.25, -0.2) is 4.98 Å². The highest BCUT2D eigenvalue weighted by molar-refractivity contribution is 7.11. The van der Waals surface area contributed by atoms with E-state index in [9.17, 15) is 0 Å². The van der Waals surface area contributed by atoms with E-state index in [0.717, 1.165) is 22.7 Å². The first-order chi connectivity index (χ1) is 7.80. The zero-order valence-corrected chi connectivity index (χ0v) is 10.3. The Kier molecular flexibility index (Phi) is 3.91. The first kappa shape index (κ1) is 12.0. The maximum absolute atomic E-state index is 9.07. The van der Waals surface area contributed by atoms with Gasteiger partial charge in [0.05, 0.1) is 11.5 Å². The molecular weight excluding hydrogens is 226 g/mol. The number of ether oxygens (including phenoxy) is 2. The standard InChI is InChI=1S/C11H17NO3S/c1-2-15-11(3-5-14-6-4-11)10-12-7-9(8-13)16-10/h7,13H,2-6,8H2,1H3. The largest absolute Gasteiger partial charge is 0.391 e. The number of aromatic nitrogens is 1. The monoisotopic (exact) mass is 243 g/mol. The van der Waals surface area contributed by atoms with Gasteiger partial charge in [-0.1, -0.05) is 0 Å². The molecule has 1 aromatic heterocycles. The molecule has 1 aliphatic heterocycles. The lowest BCUT2D eigenvalue weighted by molar-refractivity contribution is -0.112. The summed E-state index contributed by atoms with van der Waals surface area (Å²) < 4.78 is 11.3. The van der Waals surface area contributed by atoms with Gasteiger partial charge in [0.1, 0.15) is 10.6 Å². The fourth-order valence-electron chi connectivity index (χ4n) is 1.99. The molecule has 0 atom stereocenters. The average Bonchev–Trinajstić information content (AvgIpc) is 2.80. The number of aliphatic hydroxyl groups is 1. The van der Waals surface area contributed by atoms with Crippen molar-refractivity contribution in [1.29, 1.82) is 0 Å². The number of rotatable bonds is 4. The molecule has 0 amide bonds. The van der Waals surface area contributed by atoms with Gasteiger partial charge in [-0.15, -0.1) is 11.3 Å². The minimum absolute atomic E-state index is 0.0520. The van der Waals surface area contributed by atoms with E-state index in [1.165, 1.54) is 11.3 Å². The second-order valence-electron chi connectivity index (χ2n) is 3.83. The second kappa shape index (κ2) is 5.23. The molecule has 0 aromatic carbocycles. The Morgan fingerprint density at radius 1 is 1.56 bits per heavy atom. The molecule has 1 fully saturated rings. The maximum atomic E-state index is 9.07. The van der Waals surface area contributed by atoms with Crippen molar-refractivity contribution in [3.05, 3.63) is 16.1 Å². The summed E-state index contributed by atoms with van der Waals surface area (Å²) in [5.41, 5.74) is -0.287. The van der Waals surface area contributed by atoms with E-state index >= 15 is 0 Å². The summed E-state index contributed by atoms with van der Waals surface area (Å²) in [6.07, 6.45) is 3.43. The van der Waals surface area contributed by atoms with Crippen LogP contribution in [0.2, 0.25) is 0 Å². The van der Waals surface area contributed by atoms with Crippen LogP contribution in [0.5, 0.6) is 0 Å². The van der Waals surface area contributed by atoms with Crippen molar-refractivity contribution in [2.24, 2.45) is 0 Å². The molecule has 1 aromatic rings. The SMILES string of the molecule is CCOC1(c2ncc(CO)s2)CCOCC1. The molecule has 1 saturated heterocycles. The lowest BCUT2D eigenvalue weighted by Gasteiger charge is -2.35. The molecule has 16 heavy (non-hydrogen) atoms. The number of aliphatic hydroxyl groups excluding tert-OH is 1. The lowest BCUT2D eigenvalue weighted by Crippen LogP contribution is -2.36. The van der Waals surface area contributed by atoms with Crippen LogP contribution in [0.3, 0.4) is 0 Å². The molecule has 0 radical (unpaired) electrons. The number of nitrogens with zero attached hydrogens (tertiary/aromatic N) is 1. The van der Waals surface area contributed by atoms with Crippen molar-refractivity contribution in [2.45, 2.75) is 32.0 Å². The Morgan fingerprint density at radius 3 is 2.88 bits per heavy atom. The molecule has 1 N–H and O–H groups in total. The van der Waals surface area contributed by atoms with E-state index in [1.54, 1.807) is 6.20 Å². The van der Waals surface area contributed by atoms with E-state index in [0.29, 0.717) is 19.8 Å². The quantitative estimate of drug-likeness (QED) is 0.874. The van der Waals surface area contributed by atoms with Crippen molar-refractivity contribution in [3.63, 3.8) is 0 Å². The van der Waals surface area contributed by atoms with Gasteiger partial charge in [0.2, 0.25) is 0 Å². The van der Waals surface area contributed by atoms with Gasteiger partial charge in [0.25, 0.3) is 0 Å². The molecular formula is C11H17NO3S. The van der Waals surface area contributed by atoms with Gasteiger partial charge >= 0.3 is 0 Å². The van der Waals surface area contributed by atoms with Gasteiger partial charge in [0.15, 0.2) is 0 Å². The molecule has 0 bridgehead atoms. The Balaban J connectivity index is 2.23. The van der Waals surface area contributed by atoms with E-state index in [4.69, 9.17) is 14.6 Å². The van der Waals surface area contributed by atoms with Crippen LogP contribution in [0.1, 0.15) is 29.7 Å². The van der Waals surface area contributed by atoms with Crippen LogP contribution in [-0.2, 0) is 21.7 Å². The van der Waals surface area contributed by atoms with Crippen LogP contribution < -0.4 is 0 Å². The molecule has 0 aliphatic carbocycles. The predicted octanol–water partition coefficient (Wildman–Crippen LogP) is 1.68. The third-order valence-electron chi connectivity index (χ3n) is 2.82. The highest BCUT2D eigenvalue weighted by atomic mass is 32.1. The first-order valence-electron chi connectivity index (χ1n) is 5.58. The number of hydrogen-bond acceptors (Lipinski definition) is 5. The molecule has 2 heterocycles. The zero-order valence-electron chi connectivity index (χ0n) is 9.44. The third-order valence-corrected chi connectivity index (χ3v) is 3.99.